The predicted molar refractivity (Wildman–Crippen MR) is 99.7 cm³/mol. The van der Waals surface area contributed by atoms with Gasteiger partial charge >= 0.3 is 0 Å². The number of nitrogens with one attached hydrogen (secondary N) is 2. The summed E-state index contributed by atoms with van der Waals surface area (Å²) >= 11 is 0. The van der Waals surface area contributed by atoms with Crippen molar-refractivity contribution < 1.29 is 14.3 Å². The van der Waals surface area contributed by atoms with E-state index in [0.29, 0.717) is 34.9 Å². The van der Waals surface area contributed by atoms with Crippen LogP contribution < -0.4 is 10.6 Å². The normalized spacial score (nSPS) is 16.4. The van der Waals surface area contributed by atoms with Crippen molar-refractivity contribution in [2.75, 3.05) is 17.2 Å². The minimum absolute atomic E-state index is 0.140. The number of carbonyl (C=O) groups excluding carboxylic acids is 2. The van der Waals surface area contributed by atoms with E-state index >= 15 is 0 Å². The zero-order valence-corrected chi connectivity index (χ0v) is 14.8. The van der Waals surface area contributed by atoms with Gasteiger partial charge in [-0.25, -0.2) is 9.50 Å². The van der Waals surface area contributed by atoms with Gasteiger partial charge in [0.15, 0.2) is 5.65 Å². The first-order chi connectivity index (χ1) is 13.1. The maximum Gasteiger partial charge on any atom is 0.259 e. The lowest BCUT2D eigenvalue weighted by molar-refractivity contribution is -0.124. The van der Waals surface area contributed by atoms with Gasteiger partial charge in [0, 0.05) is 30.2 Å². The van der Waals surface area contributed by atoms with Gasteiger partial charge in [0.2, 0.25) is 0 Å². The summed E-state index contributed by atoms with van der Waals surface area (Å²) in [4.78, 5) is 29.0. The summed E-state index contributed by atoms with van der Waals surface area (Å²) in [5, 5.41) is 9.76. The smallest absolute Gasteiger partial charge is 0.259 e. The third kappa shape index (κ3) is 3.65. The second-order valence-electron chi connectivity index (χ2n) is 6.40. The van der Waals surface area contributed by atoms with Crippen molar-refractivity contribution >= 4 is 28.8 Å². The molecule has 1 fully saturated rings. The van der Waals surface area contributed by atoms with Gasteiger partial charge in [0.1, 0.15) is 6.10 Å². The minimum atomic E-state index is -0.378. The van der Waals surface area contributed by atoms with Crippen molar-refractivity contribution in [1.29, 1.82) is 0 Å². The SMILES string of the molecule is Cc1nc2ccnn2cc1C(=O)Nc1ccc(NC(=O)C2CCCO2)cc1. The standard InChI is InChI=1S/C19H19N5O3/c1-12-15(11-24-17(21-12)8-9-20-24)18(25)22-13-4-6-14(7-5-13)23-19(26)16-3-2-10-27-16/h4-9,11,16H,2-3,10H2,1H3,(H,22,25)(H,23,26). The topological polar surface area (TPSA) is 97.6 Å². The van der Waals surface area contributed by atoms with E-state index in [4.69, 9.17) is 4.74 Å². The van der Waals surface area contributed by atoms with Crippen molar-refractivity contribution in [3.63, 3.8) is 0 Å². The molecule has 27 heavy (non-hydrogen) atoms. The monoisotopic (exact) mass is 365 g/mol. The number of ether oxygens (including phenoxy) is 1. The molecule has 0 saturated carbocycles. The van der Waals surface area contributed by atoms with Crippen molar-refractivity contribution in [2.45, 2.75) is 25.9 Å². The molecule has 2 N–H and O–H groups in total. The molecule has 1 aromatic carbocycles. The Kier molecular flexibility index (Phi) is 4.55. The molecule has 0 aliphatic carbocycles. The number of amides is 2. The Morgan fingerprint density at radius 2 is 1.89 bits per heavy atom. The Balaban J connectivity index is 1.43. The zero-order valence-electron chi connectivity index (χ0n) is 14.8. The molecule has 1 atom stereocenters. The fourth-order valence-electron chi connectivity index (χ4n) is 3.01. The van der Waals surface area contributed by atoms with Gasteiger partial charge in [0.25, 0.3) is 11.8 Å². The van der Waals surface area contributed by atoms with Gasteiger partial charge in [-0.05, 0) is 44.0 Å². The van der Waals surface area contributed by atoms with Crippen LogP contribution >= 0.6 is 0 Å². The van der Waals surface area contributed by atoms with Gasteiger partial charge in [-0.3, -0.25) is 9.59 Å². The number of aryl methyl sites for hydroxylation is 1. The number of benzene rings is 1. The van der Waals surface area contributed by atoms with Crippen LogP contribution in [0.15, 0.2) is 42.7 Å². The van der Waals surface area contributed by atoms with E-state index < -0.39 is 0 Å². The van der Waals surface area contributed by atoms with Crippen LogP contribution in [0, 0.1) is 6.92 Å². The summed E-state index contributed by atoms with van der Waals surface area (Å²) in [5.41, 5.74) is 3.04. The van der Waals surface area contributed by atoms with Gasteiger partial charge < -0.3 is 15.4 Å². The molecular weight excluding hydrogens is 346 g/mol. The van der Waals surface area contributed by atoms with Crippen LogP contribution in [0.4, 0.5) is 11.4 Å². The third-order valence-electron chi connectivity index (χ3n) is 4.45. The summed E-state index contributed by atoms with van der Waals surface area (Å²) in [7, 11) is 0. The maximum atomic E-state index is 12.6. The molecule has 0 radical (unpaired) electrons. The Labute approximate surface area is 155 Å². The second-order valence-corrected chi connectivity index (χ2v) is 6.40. The first-order valence-corrected chi connectivity index (χ1v) is 8.75. The molecule has 8 nitrogen and oxygen atoms in total. The number of hydrogen-bond donors (Lipinski definition) is 2. The fourth-order valence-corrected chi connectivity index (χ4v) is 3.01. The molecule has 1 aliphatic rings. The van der Waals surface area contributed by atoms with E-state index in [2.05, 4.69) is 20.7 Å². The van der Waals surface area contributed by atoms with Crippen LogP contribution in [0.1, 0.15) is 28.9 Å². The lowest BCUT2D eigenvalue weighted by Crippen LogP contribution is -2.26. The lowest BCUT2D eigenvalue weighted by atomic mass is 10.2. The quantitative estimate of drug-likeness (QED) is 0.740. The molecule has 2 aromatic heterocycles. The van der Waals surface area contributed by atoms with Gasteiger partial charge in [-0.2, -0.15) is 5.10 Å². The molecule has 1 saturated heterocycles. The van der Waals surface area contributed by atoms with Gasteiger partial charge in [-0.1, -0.05) is 0 Å². The molecule has 1 unspecified atom stereocenters. The third-order valence-corrected chi connectivity index (χ3v) is 4.45. The summed E-state index contributed by atoms with van der Waals surface area (Å²) in [6.45, 7) is 2.41. The summed E-state index contributed by atoms with van der Waals surface area (Å²) in [5.74, 6) is -0.410. The Bertz CT molecular complexity index is 990. The van der Waals surface area contributed by atoms with E-state index in [-0.39, 0.29) is 17.9 Å². The Morgan fingerprint density at radius 3 is 2.59 bits per heavy atom. The number of rotatable bonds is 4. The first kappa shape index (κ1) is 17.2. The van der Waals surface area contributed by atoms with E-state index in [1.165, 1.54) is 0 Å². The van der Waals surface area contributed by atoms with Gasteiger partial charge in [-0.15, -0.1) is 0 Å². The second kappa shape index (κ2) is 7.16. The van der Waals surface area contributed by atoms with Crippen molar-refractivity contribution in [2.24, 2.45) is 0 Å². The highest BCUT2D eigenvalue weighted by Crippen LogP contribution is 2.18. The van der Waals surface area contributed by atoms with Crippen LogP contribution in [0.5, 0.6) is 0 Å². The molecule has 4 rings (SSSR count). The average molecular weight is 365 g/mol. The Morgan fingerprint density at radius 1 is 1.15 bits per heavy atom. The highest BCUT2D eigenvalue weighted by Gasteiger charge is 2.23. The van der Waals surface area contributed by atoms with Crippen LogP contribution in [-0.2, 0) is 9.53 Å². The molecule has 3 aromatic rings. The summed E-state index contributed by atoms with van der Waals surface area (Å²) in [6, 6.07) is 8.73. The number of hydrogen-bond acceptors (Lipinski definition) is 5. The van der Waals surface area contributed by atoms with E-state index in [1.54, 1.807) is 54.2 Å². The average Bonchev–Trinajstić information content (AvgIpc) is 3.33. The highest BCUT2D eigenvalue weighted by molar-refractivity contribution is 6.05. The lowest BCUT2D eigenvalue weighted by Gasteiger charge is -2.11. The minimum Gasteiger partial charge on any atom is -0.368 e. The predicted octanol–water partition coefficient (Wildman–Crippen LogP) is 2.41. The number of anilines is 2. The molecule has 2 amide bonds. The molecular formula is C19H19N5O3. The number of aromatic nitrogens is 3. The maximum absolute atomic E-state index is 12.6. The van der Waals surface area contributed by atoms with Gasteiger partial charge in [0.05, 0.1) is 17.5 Å². The largest absolute Gasteiger partial charge is 0.368 e. The fraction of sp³-hybridized carbons (Fsp3) is 0.263. The molecule has 0 spiro atoms. The summed E-state index contributed by atoms with van der Waals surface area (Å²) < 4.78 is 6.93. The molecule has 8 heteroatoms. The van der Waals surface area contributed by atoms with E-state index in [9.17, 15) is 9.59 Å². The molecule has 3 heterocycles. The van der Waals surface area contributed by atoms with Crippen LogP contribution in [0.3, 0.4) is 0 Å². The van der Waals surface area contributed by atoms with Crippen LogP contribution in [0.2, 0.25) is 0 Å². The van der Waals surface area contributed by atoms with Crippen molar-refractivity contribution in [3.8, 4) is 0 Å². The molecule has 1 aliphatic heterocycles. The number of carbonyl (C=O) groups is 2. The summed E-state index contributed by atoms with van der Waals surface area (Å²) in [6.07, 6.45) is 4.56. The van der Waals surface area contributed by atoms with Crippen molar-refractivity contribution in [3.05, 3.63) is 54.0 Å². The zero-order chi connectivity index (χ0) is 18.8. The first-order valence-electron chi connectivity index (χ1n) is 8.75. The highest BCUT2D eigenvalue weighted by atomic mass is 16.5. The Hall–Kier alpha value is -3.26. The number of fused-ring (bicyclic) bond motifs is 1. The van der Waals surface area contributed by atoms with Crippen LogP contribution in [0.25, 0.3) is 5.65 Å². The van der Waals surface area contributed by atoms with Crippen molar-refractivity contribution in [1.82, 2.24) is 14.6 Å². The molecule has 0 bridgehead atoms. The van der Waals surface area contributed by atoms with E-state index in [0.717, 1.165) is 12.8 Å². The van der Waals surface area contributed by atoms with E-state index in [1.807, 2.05) is 0 Å². The number of nitrogens with zero attached hydrogens (tertiary/aromatic N) is 3. The van der Waals surface area contributed by atoms with Crippen LogP contribution in [-0.4, -0.2) is 39.1 Å². The molecule has 138 valence electrons.